The van der Waals surface area contributed by atoms with Gasteiger partial charge in [0.05, 0.1) is 31.4 Å². The van der Waals surface area contributed by atoms with Crippen LogP contribution in [0.4, 0.5) is 0 Å². The van der Waals surface area contributed by atoms with E-state index in [4.69, 9.17) is 4.74 Å². The Labute approximate surface area is 167 Å². The summed E-state index contributed by atoms with van der Waals surface area (Å²) in [6, 6.07) is 7.78. The number of hydrogen-bond donors (Lipinski definition) is 0. The number of nitrogens with zero attached hydrogens (tertiary/aromatic N) is 7. The molecule has 0 aliphatic rings. The molecule has 0 bridgehead atoms. The van der Waals surface area contributed by atoms with Gasteiger partial charge in [-0.25, -0.2) is 14.2 Å². The Morgan fingerprint density at radius 2 is 1.79 bits per heavy atom. The third-order valence-corrected chi connectivity index (χ3v) is 5.00. The summed E-state index contributed by atoms with van der Waals surface area (Å²) in [6.07, 6.45) is 11.2. The van der Waals surface area contributed by atoms with Gasteiger partial charge in [-0.05, 0) is 25.1 Å². The van der Waals surface area contributed by atoms with E-state index in [9.17, 15) is 0 Å². The van der Waals surface area contributed by atoms with Gasteiger partial charge < -0.3 is 4.74 Å². The Kier molecular flexibility index (Phi) is 3.90. The van der Waals surface area contributed by atoms with Crippen molar-refractivity contribution in [3.63, 3.8) is 0 Å². The molecule has 0 N–H and O–H groups in total. The molecule has 0 fully saturated rings. The van der Waals surface area contributed by atoms with E-state index in [2.05, 4.69) is 20.3 Å². The van der Waals surface area contributed by atoms with Crippen LogP contribution in [0, 0.1) is 6.92 Å². The molecule has 29 heavy (non-hydrogen) atoms. The third kappa shape index (κ3) is 2.77. The van der Waals surface area contributed by atoms with Crippen LogP contribution in [0.5, 0.6) is 5.75 Å². The van der Waals surface area contributed by atoms with Gasteiger partial charge in [0, 0.05) is 47.9 Å². The summed E-state index contributed by atoms with van der Waals surface area (Å²) < 4.78 is 11.2. The lowest BCUT2D eigenvalue weighted by Gasteiger charge is -2.08. The van der Waals surface area contributed by atoms with Crippen LogP contribution in [0.1, 0.15) is 5.69 Å². The van der Waals surface area contributed by atoms with Crippen LogP contribution in [-0.4, -0.2) is 41.3 Å². The molecular formula is C21H19N7O. The molecule has 5 aromatic heterocycles. The summed E-state index contributed by atoms with van der Waals surface area (Å²) in [4.78, 5) is 4.39. The lowest BCUT2D eigenvalue weighted by atomic mass is 10.1. The molecule has 5 aromatic rings. The molecular weight excluding hydrogens is 366 g/mol. The van der Waals surface area contributed by atoms with E-state index in [0.29, 0.717) is 0 Å². The number of fused-ring (bicyclic) bond motifs is 1. The van der Waals surface area contributed by atoms with Crippen molar-refractivity contribution in [1.29, 1.82) is 0 Å². The van der Waals surface area contributed by atoms with Crippen LogP contribution in [0.3, 0.4) is 0 Å². The van der Waals surface area contributed by atoms with Crippen molar-refractivity contribution in [2.75, 3.05) is 7.11 Å². The minimum atomic E-state index is 0.740. The van der Waals surface area contributed by atoms with E-state index in [-0.39, 0.29) is 0 Å². The predicted molar refractivity (Wildman–Crippen MR) is 109 cm³/mol. The molecule has 0 atom stereocenters. The second-order valence-electron chi connectivity index (χ2n) is 6.79. The summed E-state index contributed by atoms with van der Waals surface area (Å²) in [5.74, 6) is 1.52. The van der Waals surface area contributed by atoms with Crippen molar-refractivity contribution >= 4 is 5.52 Å². The standard InChI is InChI=1S/C21H19N7O/c1-14-17(10-25-28(14)20-6-4-5-7-22-20)18-11-24-27-13-15(8-19(29-3)21(18)27)16-9-23-26(2)12-16/h4-13H,1-3H3. The number of hydrogen-bond acceptors (Lipinski definition) is 5. The summed E-state index contributed by atoms with van der Waals surface area (Å²) in [6.45, 7) is 2.02. The molecule has 144 valence electrons. The fourth-order valence-corrected chi connectivity index (χ4v) is 3.55. The average molecular weight is 385 g/mol. The molecule has 0 spiro atoms. The lowest BCUT2D eigenvalue weighted by molar-refractivity contribution is 0.418. The van der Waals surface area contributed by atoms with E-state index in [1.807, 2.05) is 78.4 Å². The minimum Gasteiger partial charge on any atom is -0.494 e. The highest BCUT2D eigenvalue weighted by Crippen LogP contribution is 2.36. The molecule has 0 aromatic carbocycles. The maximum atomic E-state index is 5.72. The van der Waals surface area contributed by atoms with Crippen molar-refractivity contribution in [1.82, 2.24) is 34.2 Å². The van der Waals surface area contributed by atoms with Gasteiger partial charge >= 0.3 is 0 Å². The first-order chi connectivity index (χ1) is 14.2. The Morgan fingerprint density at radius 3 is 2.52 bits per heavy atom. The lowest BCUT2D eigenvalue weighted by Crippen LogP contribution is -2.00. The normalized spacial score (nSPS) is 11.3. The maximum Gasteiger partial charge on any atom is 0.153 e. The van der Waals surface area contributed by atoms with Gasteiger partial charge in [-0.1, -0.05) is 6.07 Å². The first kappa shape index (κ1) is 17.2. The highest BCUT2D eigenvalue weighted by atomic mass is 16.5. The zero-order chi connectivity index (χ0) is 20.0. The molecule has 0 amide bonds. The molecule has 0 saturated heterocycles. The first-order valence-electron chi connectivity index (χ1n) is 9.16. The number of methoxy groups -OCH3 is 1. The van der Waals surface area contributed by atoms with Crippen LogP contribution in [0.25, 0.3) is 33.6 Å². The minimum absolute atomic E-state index is 0.740. The van der Waals surface area contributed by atoms with Crippen LogP contribution >= 0.6 is 0 Å². The van der Waals surface area contributed by atoms with E-state index in [1.165, 1.54) is 0 Å². The van der Waals surface area contributed by atoms with Crippen molar-refractivity contribution in [3.8, 4) is 33.8 Å². The molecule has 0 radical (unpaired) electrons. The van der Waals surface area contributed by atoms with E-state index < -0.39 is 0 Å². The Bertz CT molecular complexity index is 1310. The van der Waals surface area contributed by atoms with Crippen molar-refractivity contribution in [2.24, 2.45) is 7.05 Å². The van der Waals surface area contributed by atoms with Gasteiger partial charge in [0.15, 0.2) is 5.82 Å². The zero-order valence-electron chi connectivity index (χ0n) is 16.3. The van der Waals surface area contributed by atoms with E-state index in [1.54, 1.807) is 18.0 Å². The second-order valence-corrected chi connectivity index (χ2v) is 6.79. The van der Waals surface area contributed by atoms with Gasteiger partial charge in [-0.15, -0.1) is 0 Å². The quantitative estimate of drug-likeness (QED) is 0.474. The second kappa shape index (κ2) is 6.59. The third-order valence-electron chi connectivity index (χ3n) is 5.00. The predicted octanol–water partition coefficient (Wildman–Crippen LogP) is 3.30. The van der Waals surface area contributed by atoms with Gasteiger partial charge in [0.2, 0.25) is 0 Å². The van der Waals surface area contributed by atoms with Crippen molar-refractivity contribution < 1.29 is 4.74 Å². The van der Waals surface area contributed by atoms with Gasteiger partial charge in [0.1, 0.15) is 11.3 Å². The van der Waals surface area contributed by atoms with Crippen molar-refractivity contribution in [3.05, 3.63) is 67.1 Å². The van der Waals surface area contributed by atoms with E-state index in [0.717, 1.165) is 45.0 Å². The fourth-order valence-electron chi connectivity index (χ4n) is 3.55. The number of aryl methyl sites for hydroxylation is 1. The van der Waals surface area contributed by atoms with Crippen LogP contribution in [-0.2, 0) is 7.05 Å². The summed E-state index contributed by atoms with van der Waals surface area (Å²) >= 11 is 0. The molecule has 8 nitrogen and oxygen atoms in total. The molecule has 0 aliphatic carbocycles. The summed E-state index contributed by atoms with van der Waals surface area (Å²) in [5.41, 5.74) is 5.81. The van der Waals surface area contributed by atoms with Crippen LogP contribution < -0.4 is 4.74 Å². The van der Waals surface area contributed by atoms with Crippen molar-refractivity contribution in [2.45, 2.75) is 6.92 Å². The Balaban J connectivity index is 1.66. The molecule has 5 heterocycles. The number of ether oxygens (including phenoxy) is 1. The van der Waals surface area contributed by atoms with Gasteiger partial charge in [0.25, 0.3) is 0 Å². The smallest absolute Gasteiger partial charge is 0.153 e. The largest absolute Gasteiger partial charge is 0.494 e. The molecule has 5 rings (SSSR count). The van der Waals surface area contributed by atoms with Crippen LogP contribution in [0.2, 0.25) is 0 Å². The van der Waals surface area contributed by atoms with Crippen LogP contribution in [0.15, 0.2) is 61.4 Å². The Morgan fingerprint density at radius 1 is 0.931 bits per heavy atom. The average Bonchev–Trinajstić information content (AvgIpc) is 3.46. The number of rotatable bonds is 4. The summed E-state index contributed by atoms with van der Waals surface area (Å²) in [7, 11) is 3.57. The summed E-state index contributed by atoms with van der Waals surface area (Å²) in [5, 5.41) is 13.4. The number of aromatic nitrogens is 7. The van der Waals surface area contributed by atoms with E-state index >= 15 is 0 Å². The first-order valence-corrected chi connectivity index (χ1v) is 9.16. The SMILES string of the molecule is COc1cc(-c2cnn(C)c2)cn2ncc(-c3cnn(-c4ccccn4)c3C)c12. The molecule has 8 heteroatoms. The van der Waals surface area contributed by atoms with Gasteiger partial charge in [-0.2, -0.15) is 15.3 Å². The number of pyridine rings is 2. The fraction of sp³-hybridized carbons (Fsp3) is 0.143. The topological polar surface area (TPSA) is 75.1 Å². The highest BCUT2D eigenvalue weighted by molar-refractivity contribution is 5.87. The van der Waals surface area contributed by atoms with Gasteiger partial charge in [-0.3, -0.25) is 4.68 Å². The maximum absolute atomic E-state index is 5.72. The molecule has 0 aliphatic heterocycles. The highest BCUT2D eigenvalue weighted by Gasteiger charge is 2.19. The molecule has 0 saturated carbocycles. The zero-order valence-corrected chi connectivity index (χ0v) is 16.3. The molecule has 0 unspecified atom stereocenters. The Hall–Kier alpha value is -3.94. The monoisotopic (exact) mass is 385 g/mol.